The first-order chi connectivity index (χ1) is 12.8. The van der Waals surface area contributed by atoms with Crippen molar-refractivity contribution >= 4 is 11.6 Å². The molecule has 0 saturated carbocycles. The molecule has 0 aliphatic carbocycles. The van der Waals surface area contributed by atoms with Crippen LogP contribution in [0, 0.1) is 0 Å². The van der Waals surface area contributed by atoms with E-state index in [1.54, 1.807) is 6.20 Å². The van der Waals surface area contributed by atoms with Crippen LogP contribution in [0.5, 0.6) is 0 Å². The van der Waals surface area contributed by atoms with Gasteiger partial charge in [0, 0.05) is 38.3 Å². The fraction of sp³-hybridized carbons (Fsp3) is 0.526. The first kappa shape index (κ1) is 16.0. The smallest absolute Gasteiger partial charge is 0.227 e. The van der Waals surface area contributed by atoms with E-state index in [9.17, 15) is 4.79 Å². The number of fused-ring (bicyclic) bond motifs is 3. The number of nitrogens with zero attached hydrogens (tertiary/aromatic N) is 5. The molecule has 7 heteroatoms. The summed E-state index contributed by atoms with van der Waals surface area (Å²) < 4.78 is 8.03. The number of ether oxygens (including phenoxy) is 1. The van der Waals surface area contributed by atoms with Crippen LogP contribution < -0.4 is 4.90 Å². The number of piperidine rings is 1. The SMILES string of the molecule is O=C1CCCN1c1ccc(CN2CC[C@@H]3OCc4cnnn4[C@@H]3C2)cc1. The van der Waals surface area contributed by atoms with Crippen molar-refractivity contribution in [3.63, 3.8) is 0 Å². The average molecular weight is 353 g/mol. The Hall–Kier alpha value is -2.25. The van der Waals surface area contributed by atoms with Gasteiger partial charge in [0.2, 0.25) is 5.91 Å². The van der Waals surface area contributed by atoms with E-state index in [1.165, 1.54) is 5.56 Å². The number of benzene rings is 1. The molecule has 136 valence electrons. The molecule has 2 aromatic rings. The lowest BCUT2D eigenvalue weighted by atomic mass is 10.00. The molecule has 0 N–H and O–H groups in total. The van der Waals surface area contributed by atoms with Crippen molar-refractivity contribution in [3.05, 3.63) is 41.7 Å². The molecule has 2 saturated heterocycles. The van der Waals surface area contributed by atoms with Crippen LogP contribution in [0.4, 0.5) is 5.69 Å². The Labute approximate surface area is 152 Å². The Morgan fingerprint density at radius 3 is 2.88 bits per heavy atom. The molecule has 3 aliphatic heterocycles. The summed E-state index contributed by atoms with van der Waals surface area (Å²) in [6.07, 6.45) is 4.69. The van der Waals surface area contributed by atoms with Crippen LogP contribution in [0.1, 0.15) is 36.6 Å². The van der Waals surface area contributed by atoms with Crippen LogP contribution in [0.2, 0.25) is 0 Å². The van der Waals surface area contributed by atoms with Crippen molar-refractivity contribution in [3.8, 4) is 0 Å². The molecule has 7 nitrogen and oxygen atoms in total. The minimum atomic E-state index is 0.237. The molecule has 1 amide bonds. The summed E-state index contributed by atoms with van der Waals surface area (Å²) in [5, 5.41) is 8.31. The summed E-state index contributed by atoms with van der Waals surface area (Å²) in [5.74, 6) is 0.237. The fourth-order valence-electron chi connectivity index (χ4n) is 4.35. The summed E-state index contributed by atoms with van der Waals surface area (Å²) in [6, 6.07) is 8.68. The number of amides is 1. The van der Waals surface area contributed by atoms with E-state index in [2.05, 4.69) is 39.5 Å². The second-order valence-corrected chi connectivity index (χ2v) is 7.43. The predicted molar refractivity (Wildman–Crippen MR) is 95.6 cm³/mol. The van der Waals surface area contributed by atoms with E-state index in [0.29, 0.717) is 13.0 Å². The van der Waals surface area contributed by atoms with E-state index >= 15 is 0 Å². The predicted octanol–water partition coefficient (Wildman–Crippen LogP) is 1.75. The molecule has 2 fully saturated rings. The number of carbonyl (C=O) groups is 1. The molecule has 4 heterocycles. The highest BCUT2D eigenvalue weighted by Gasteiger charge is 2.36. The summed E-state index contributed by atoms with van der Waals surface area (Å²) in [5.41, 5.74) is 3.35. The third-order valence-electron chi connectivity index (χ3n) is 5.74. The second-order valence-electron chi connectivity index (χ2n) is 7.43. The molecular formula is C19H23N5O2. The van der Waals surface area contributed by atoms with Crippen molar-refractivity contribution < 1.29 is 9.53 Å². The molecule has 0 unspecified atom stereocenters. The summed E-state index contributed by atoms with van der Waals surface area (Å²) in [7, 11) is 0. The Kier molecular flexibility index (Phi) is 3.98. The van der Waals surface area contributed by atoms with Gasteiger partial charge in [-0.15, -0.1) is 5.10 Å². The van der Waals surface area contributed by atoms with Crippen LogP contribution in [0.3, 0.4) is 0 Å². The maximum absolute atomic E-state index is 11.9. The van der Waals surface area contributed by atoms with Gasteiger partial charge < -0.3 is 9.64 Å². The van der Waals surface area contributed by atoms with Gasteiger partial charge in [-0.3, -0.25) is 9.69 Å². The van der Waals surface area contributed by atoms with Gasteiger partial charge in [-0.05, 0) is 30.5 Å². The Balaban J connectivity index is 1.27. The zero-order valence-corrected chi connectivity index (χ0v) is 14.8. The minimum Gasteiger partial charge on any atom is -0.370 e. The molecule has 1 aromatic carbocycles. The number of rotatable bonds is 3. The molecule has 0 radical (unpaired) electrons. The minimum absolute atomic E-state index is 0.237. The van der Waals surface area contributed by atoms with Gasteiger partial charge in [0.1, 0.15) is 0 Å². The average Bonchev–Trinajstić information content (AvgIpc) is 3.31. The van der Waals surface area contributed by atoms with E-state index < -0.39 is 0 Å². The molecule has 1 aromatic heterocycles. The Morgan fingerprint density at radius 1 is 1.19 bits per heavy atom. The number of carbonyl (C=O) groups excluding carboxylic acids is 1. The van der Waals surface area contributed by atoms with Gasteiger partial charge in [0.05, 0.1) is 30.6 Å². The van der Waals surface area contributed by atoms with Crippen molar-refractivity contribution in [2.45, 2.75) is 44.6 Å². The number of anilines is 1. The largest absolute Gasteiger partial charge is 0.370 e. The molecule has 0 spiro atoms. The van der Waals surface area contributed by atoms with Crippen molar-refractivity contribution in [1.82, 2.24) is 19.9 Å². The number of aromatic nitrogens is 3. The van der Waals surface area contributed by atoms with Crippen LogP contribution in [-0.2, 0) is 22.7 Å². The van der Waals surface area contributed by atoms with Crippen LogP contribution in [-0.4, -0.2) is 51.5 Å². The summed E-state index contributed by atoms with van der Waals surface area (Å²) in [6.45, 7) is 4.31. The second kappa shape index (κ2) is 6.48. The Morgan fingerprint density at radius 2 is 2.08 bits per heavy atom. The fourth-order valence-corrected chi connectivity index (χ4v) is 4.35. The number of hydrogen-bond donors (Lipinski definition) is 0. The molecular weight excluding hydrogens is 330 g/mol. The highest BCUT2D eigenvalue weighted by atomic mass is 16.5. The lowest BCUT2D eigenvalue weighted by molar-refractivity contribution is -0.117. The summed E-state index contributed by atoms with van der Waals surface area (Å²) >= 11 is 0. The van der Waals surface area contributed by atoms with Gasteiger partial charge in [-0.2, -0.15) is 0 Å². The lowest BCUT2D eigenvalue weighted by Gasteiger charge is -2.41. The van der Waals surface area contributed by atoms with Crippen molar-refractivity contribution in [2.75, 3.05) is 24.5 Å². The van der Waals surface area contributed by atoms with E-state index in [0.717, 1.165) is 50.4 Å². The first-order valence-electron chi connectivity index (χ1n) is 9.40. The van der Waals surface area contributed by atoms with Crippen molar-refractivity contribution in [2.24, 2.45) is 0 Å². The van der Waals surface area contributed by atoms with E-state index in [4.69, 9.17) is 4.74 Å². The highest BCUT2D eigenvalue weighted by Crippen LogP contribution is 2.31. The van der Waals surface area contributed by atoms with Crippen LogP contribution in [0.15, 0.2) is 30.5 Å². The van der Waals surface area contributed by atoms with Crippen LogP contribution >= 0.6 is 0 Å². The van der Waals surface area contributed by atoms with Gasteiger partial charge in [0.15, 0.2) is 0 Å². The van der Waals surface area contributed by atoms with Gasteiger partial charge in [0.25, 0.3) is 0 Å². The zero-order chi connectivity index (χ0) is 17.5. The van der Waals surface area contributed by atoms with Crippen molar-refractivity contribution in [1.29, 1.82) is 0 Å². The topological polar surface area (TPSA) is 63.5 Å². The lowest BCUT2D eigenvalue weighted by Crippen LogP contribution is -2.47. The highest BCUT2D eigenvalue weighted by molar-refractivity contribution is 5.95. The standard InChI is InChI=1S/C19H23N5O2/c25-19-2-1-8-23(19)15-5-3-14(4-6-15)11-22-9-7-18-17(12-22)24-16(13-26-18)10-20-21-24/h3-6,10,17-18H,1-2,7-9,11-13H2/t17-,18+/m1/s1. The maximum Gasteiger partial charge on any atom is 0.227 e. The maximum atomic E-state index is 11.9. The third-order valence-corrected chi connectivity index (χ3v) is 5.74. The van der Waals surface area contributed by atoms with Crippen LogP contribution in [0.25, 0.3) is 0 Å². The quantitative estimate of drug-likeness (QED) is 0.841. The molecule has 0 bridgehead atoms. The molecule has 3 aliphatic rings. The number of likely N-dealkylation sites (tertiary alicyclic amines) is 1. The van der Waals surface area contributed by atoms with Gasteiger partial charge >= 0.3 is 0 Å². The molecule has 2 atom stereocenters. The zero-order valence-electron chi connectivity index (χ0n) is 14.8. The first-order valence-corrected chi connectivity index (χ1v) is 9.40. The van der Waals surface area contributed by atoms with E-state index in [-0.39, 0.29) is 18.1 Å². The van der Waals surface area contributed by atoms with Gasteiger partial charge in [-0.1, -0.05) is 17.3 Å². The Bertz CT molecular complexity index is 803. The molecule has 5 rings (SSSR count). The van der Waals surface area contributed by atoms with E-state index in [1.807, 2.05) is 9.58 Å². The normalized spacial score (nSPS) is 26.0. The molecule has 26 heavy (non-hydrogen) atoms. The number of hydrogen-bond acceptors (Lipinski definition) is 5. The monoisotopic (exact) mass is 353 g/mol. The van der Waals surface area contributed by atoms with Gasteiger partial charge in [-0.25, -0.2) is 4.68 Å². The summed E-state index contributed by atoms with van der Waals surface area (Å²) in [4.78, 5) is 16.2. The third kappa shape index (κ3) is 2.81.